The van der Waals surface area contributed by atoms with E-state index in [1.807, 2.05) is 46.1 Å². The van der Waals surface area contributed by atoms with Crippen LogP contribution in [0.5, 0.6) is 0 Å². The molecule has 1 saturated heterocycles. The second kappa shape index (κ2) is 6.26. The lowest BCUT2D eigenvalue weighted by Gasteiger charge is -2.34. The number of hydrogen-bond acceptors (Lipinski definition) is 5. The highest BCUT2D eigenvalue weighted by molar-refractivity contribution is 5.82. The molecule has 1 fully saturated rings. The molecular weight excluding hydrogens is 376 g/mol. The van der Waals surface area contributed by atoms with Gasteiger partial charge >= 0.3 is 0 Å². The number of nitrogens with zero attached hydrogens (tertiary/aromatic N) is 6. The van der Waals surface area contributed by atoms with E-state index in [-0.39, 0.29) is 18.8 Å². The maximum absolute atomic E-state index is 13.4. The molecule has 0 amide bonds. The van der Waals surface area contributed by atoms with Crippen molar-refractivity contribution in [2.75, 3.05) is 18.8 Å². The number of nitrogens with two attached hydrogens (primary N) is 1. The summed E-state index contributed by atoms with van der Waals surface area (Å²) in [4.78, 5) is 10.6. The molecule has 4 aromatic heterocycles. The van der Waals surface area contributed by atoms with Crippen molar-refractivity contribution in [3.63, 3.8) is 0 Å². The molecule has 5 heterocycles. The van der Waals surface area contributed by atoms with Gasteiger partial charge in [-0.05, 0) is 24.3 Å². The fourth-order valence-electron chi connectivity index (χ4n) is 3.71. The minimum absolute atomic E-state index is 0.145. The topological polar surface area (TPSA) is 77.3 Å². The summed E-state index contributed by atoms with van der Waals surface area (Å²) in [5.74, 6) is -2.36. The lowest BCUT2D eigenvalue weighted by Crippen LogP contribution is -2.38. The van der Waals surface area contributed by atoms with Crippen molar-refractivity contribution in [3.05, 3.63) is 55.0 Å². The van der Waals surface area contributed by atoms with E-state index < -0.39 is 5.92 Å². The Morgan fingerprint density at radius 3 is 2.76 bits per heavy atom. The number of alkyl halides is 2. The third-order valence-corrected chi connectivity index (χ3v) is 5.35. The van der Waals surface area contributed by atoms with E-state index in [1.54, 1.807) is 10.7 Å². The second-order valence-corrected chi connectivity index (χ2v) is 7.27. The Labute approximate surface area is 165 Å². The Bertz CT molecular complexity index is 1230. The maximum Gasteiger partial charge on any atom is 0.251 e. The molecule has 0 spiro atoms. The Kier molecular flexibility index (Phi) is 3.80. The van der Waals surface area contributed by atoms with E-state index in [1.165, 1.54) is 0 Å². The average molecular weight is 395 g/mol. The number of pyridine rings is 2. The molecule has 148 valence electrons. The first-order chi connectivity index (χ1) is 13.9. The zero-order chi connectivity index (χ0) is 20.2. The van der Waals surface area contributed by atoms with Gasteiger partial charge in [0.1, 0.15) is 5.65 Å². The van der Waals surface area contributed by atoms with Crippen molar-refractivity contribution in [3.8, 4) is 5.69 Å². The Balaban J connectivity index is 1.45. The van der Waals surface area contributed by atoms with Gasteiger partial charge in [0, 0.05) is 55.0 Å². The molecule has 5 rings (SSSR count). The van der Waals surface area contributed by atoms with Gasteiger partial charge in [-0.1, -0.05) is 6.58 Å². The fraction of sp³-hybridized carbons (Fsp3) is 0.250. The summed E-state index contributed by atoms with van der Waals surface area (Å²) in [7, 11) is 0. The van der Waals surface area contributed by atoms with Crippen molar-refractivity contribution < 1.29 is 8.78 Å². The van der Waals surface area contributed by atoms with Crippen molar-refractivity contribution in [2.24, 2.45) is 0 Å². The first-order valence-corrected chi connectivity index (χ1v) is 9.31. The molecule has 0 saturated carbocycles. The highest BCUT2D eigenvalue weighted by Crippen LogP contribution is 2.32. The van der Waals surface area contributed by atoms with Crippen LogP contribution in [0, 0.1) is 0 Å². The number of nitrogen functional groups attached to an aromatic ring is 1. The van der Waals surface area contributed by atoms with Crippen LogP contribution in [0.15, 0.2) is 49.4 Å². The van der Waals surface area contributed by atoms with E-state index in [4.69, 9.17) is 5.73 Å². The third kappa shape index (κ3) is 3.08. The molecule has 7 nitrogen and oxygen atoms in total. The molecular formula is C20H19F2N7. The quantitative estimate of drug-likeness (QED) is 0.576. The molecule has 9 heteroatoms. The van der Waals surface area contributed by atoms with Gasteiger partial charge in [0.05, 0.1) is 11.9 Å². The van der Waals surface area contributed by atoms with E-state index in [9.17, 15) is 8.78 Å². The monoisotopic (exact) mass is 395 g/mol. The van der Waals surface area contributed by atoms with Crippen LogP contribution in [-0.2, 0) is 0 Å². The third-order valence-electron chi connectivity index (χ3n) is 5.35. The molecule has 4 aromatic rings. The molecule has 0 atom stereocenters. The lowest BCUT2D eigenvalue weighted by molar-refractivity contribution is -0.0450. The van der Waals surface area contributed by atoms with Gasteiger partial charge in [-0.3, -0.25) is 4.57 Å². The minimum Gasteiger partial charge on any atom is -0.371 e. The molecule has 0 unspecified atom stereocenters. The number of hydrogen-bond donors (Lipinski definition) is 1. The molecule has 1 aliphatic heterocycles. The number of fused-ring (bicyclic) bond motifs is 2. The number of rotatable bonds is 3. The van der Waals surface area contributed by atoms with Gasteiger partial charge < -0.3 is 10.6 Å². The summed E-state index contributed by atoms with van der Waals surface area (Å²) in [6.45, 7) is 4.70. The van der Waals surface area contributed by atoms with Gasteiger partial charge in [0.15, 0.2) is 5.65 Å². The second-order valence-electron chi connectivity index (χ2n) is 7.27. The van der Waals surface area contributed by atoms with Crippen LogP contribution in [0.4, 0.5) is 14.7 Å². The zero-order valence-corrected chi connectivity index (χ0v) is 15.6. The van der Waals surface area contributed by atoms with Gasteiger partial charge in [0.2, 0.25) is 5.95 Å². The SMILES string of the molecule is C=C(c1cnc2c(ccn2-c2ccc3nc(N)nn3c2)c1)N1CCC(F)(F)CC1. The van der Waals surface area contributed by atoms with Gasteiger partial charge in [-0.15, -0.1) is 5.10 Å². The zero-order valence-electron chi connectivity index (χ0n) is 15.6. The summed E-state index contributed by atoms with van der Waals surface area (Å²) in [6.07, 6.45) is 5.20. The Hall–Kier alpha value is -3.49. The fourth-order valence-corrected chi connectivity index (χ4v) is 3.71. The van der Waals surface area contributed by atoms with Crippen molar-refractivity contribution in [1.29, 1.82) is 0 Å². The first-order valence-electron chi connectivity index (χ1n) is 9.31. The van der Waals surface area contributed by atoms with Crippen molar-refractivity contribution in [2.45, 2.75) is 18.8 Å². The predicted molar refractivity (Wildman–Crippen MR) is 107 cm³/mol. The minimum atomic E-state index is -2.58. The smallest absolute Gasteiger partial charge is 0.251 e. The van der Waals surface area contributed by atoms with Gasteiger partial charge in [0.25, 0.3) is 5.92 Å². The number of piperidine rings is 1. The number of anilines is 1. The highest BCUT2D eigenvalue weighted by Gasteiger charge is 2.34. The van der Waals surface area contributed by atoms with Crippen molar-refractivity contribution >= 4 is 28.3 Å². The van der Waals surface area contributed by atoms with Gasteiger partial charge in [-0.25, -0.2) is 18.3 Å². The molecule has 0 bridgehead atoms. The Morgan fingerprint density at radius 1 is 1.17 bits per heavy atom. The number of halogens is 2. The number of aromatic nitrogens is 5. The highest BCUT2D eigenvalue weighted by atomic mass is 19.3. The van der Waals surface area contributed by atoms with Crippen LogP contribution in [0.25, 0.3) is 28.1 Å². The normalized spacial score (nSPS) is 16.6. The molecule has 0 radical (unpaired) electrons. The molecule has 0 aromatic carbocycles. The summed E-state index contributed by atoms with van der Waals surface area (Å²) < 4.78 is 30.4. The molecule has 29 heavy (non-hydrogen) atoms. The van der Waals surface area contributed by atoms with Crippen LogP contribution in [-0.4, -0.2) is 48.1 Å². The average Bonchev–Trinajstić information content (AvgIpc) is 3.28. The van der Waals surface area contributed by atoms with Crippen LogP contribution in [0.1, 0.15) is 18.4 Å². The molecule has 2 N–H and O–H groups in total. The first kappa shape index (κ1) is 17.6. The van der Waals surface area contributed by atoms with Crippen LogP contribution in [0.2, 0.25) is 0 Å². The van der Waals surface area contributed by atoms with E-state index in [0.29, 0.717) is 18.7 Å². The van der Waals surface area contributed by atoms with E-state index in [0.717, 1.165) is 28.0 Å². The van der Waals surface area contributed by atoms with Crippen LogP contribution in [0.3, 0.4) is 0 Å². The van der Waals surface area contributed by atoms with Gasteiger partial charge in [-0.2, -0.15) is 4.98 Å². The largest absolute Gasteiger partial charge is 0.371 e. The van der Waals surface area contributed by atoms with E-state index in [2.05, 4.69) is 21.6 Å². The lowest BCUT2D eigenvalue weighted by atomic mass is 10.0. The van der Waals surface area contributed by atoms with Crippen LogP contribution < -0.4 is 5.73 Å². The Morgan fingerprint density at radius 2 is 1.97 bits per heavy atom. The maximum atomic E-state index is 13.4. The molecule has 0 aliphatic carbocycles. The predicted octanol–water partition coefficient (Wildman–Crippen LogP) is 3.35. The van der Waals surface area contributed by atoms with Crippen molar-refractivity contribution in [1.82, 2.24) is 29.0 Å². The summed E-state index contributed by atoms with van der Waals surface area (Å²) >= 11 is 0. The van der Waals surface area contributed by atoms with Crippen LogP contribution >= 0.6 is 0 Å². The summed E-state index contributed by atoms with van der Waals surface area (Å²) in [5, 5.41) is 5.08. The van der Waals surface area contributed by atoms with E-state index >= 15 is 0 Å². The summed E-state index contributed by atoms with van der Waals surface area (Å²) in [6, 6.07) is 7.71. The number of likely N-dealkylation sites (tertiary alicyclic amines) is 1. The summed E-state index contributed by atoms with van der Waals surface area (Å²) in [5.41, 5.74) is 9.53. The standard InChI is InChI=1S/C20H19F2N7/c1-13(27-8-5-20(21,22)6-9-27)15-10-14-4-7-28(18(14)24-11-15)16-2-3-17-25-19(23)26-29(17)12-16/h2-4,7,10-12H,1,5-6,8-9H2,(H2,23,26). The molecule has 1 aliphatic rings.